The molecule has 2 fully saturated rings. The summed E-state index contributed by atoms with van der Waals surface area (Å²) in [5, 5.41) is 4.01. The van der Waals surface area contributed by atoms with Crippen LogP contribution in [0, 0.1) is 0 Å². The van der Waals surface area contributed by atoms with Crippen LogP contribution in [0.25, 0.3) is 0 Å². The summed E-state index contributed by atoms with van der Waals surface area (Å²) in [5.74, 6) is 0.889. The second-order valence-electron chi connectivity index (χ2n) is 5.67. The van der Waals surface area contributed by atoms with Crippen LogP contribution in [-0.4, -0.2) is 60.2 Å². The van der Waals surface area contributed by atoms with Crippen LogP contribution in [0.15, 0.2) is 0 Å². The first-order valence-electron chi connectivity index (χ1n) is 6.80. The third-order valence-corrected chi connectivity index (χ3v) is 5.03. The van der Waals surface area contributed by atoms with Gasteiger partial charge < -0.3 is 15.0 Å². The number of morpholine rings is 1. The molecule has 2 aliphatic rings. The highest BCUT2D eigenvalue weighted by Gasteiger charge is 2.34. The molecular weight excluding hydrogens is 248 g/mol. The Morgan fingerprint density at radius 2 is 2.17 bits per heavy atom. The van der Waals surface area contributed by atoms with Gasteiger partial charge in [0.15, 0.2) is 0 Å². The molecular formula is C13H24N2O2S. The Morgan fingerprint density at radius 1 is 1.44 bits per heavy atom. The van der Waals surface area contributed by atoms with E-state index in [1.165, 1.54) is 12.8 Å². The lowest BCUT2D eigenvalue weighted by molar-refractivity contribution is -0.143. The van der Waals surface area contributed by atoms with Crippen LogP contribution in [-0.2, 0) is 9.53 Å². The number of carbonyl (C=O) groups is 1. The van der Waals surface area contributed by atoms with Crippen LogP contribution in [0.3, 0.4) is 0 Å². The van der Waals surface area contributed by atoms with Gasteiger partial charge in [-0.05, 0) is 39.8 Å². The monoisotopic (exact) mass is 272 g/mol. The SMILES string of the molecule is CC1(C)COCCN1C(=O)CSC1CCNCC1. The normalized spacial score (nSPS) is 25.1. The van der Waals surface area contributed by atoms with Gasteiger partial charge in [0.05, 0.1) is 24.5 Å². The Labute approximate surface area is 114 Å². The summed E-state index contributed by atoms with van der Waals surface area (Å²) >= 11 is 1.83. The first-order valence-corrected chi connectivity index (χ1v) is 7.85. The Hall–Kier alpha value is -0.260. The standard InChI is InChI=1S/C13H24N2O2S/c1-13(2)10-17-8-7-15(13)12(16)9-18-11-3-5-14-6-4-11/h11,14H,3-10H2,1-2H3. The smallest absolute Gasteiger partial charge is 0.233 e. The number of amides is 1. The molecule has 0 unspecified atom stereocenters. The van der Waals surface area contributed by atoms with Crippen LogP contribution >= 0.6 is 11.8 Å². The Balaban J connectivity index is 1.79. The minimum Gasteiger partial charge on any atom is -0.377 e. The fourth-order valence-electron chi connectivity index (χ4n) is 2.55. The molecule has 0 spiro atoms. The van der Waals surface area contributed by atoms with Crippen LogP contribution in [0.4, 0.5) is 0 Å². The molecule has 2 heterocycles. The summed E-state index contributed by atoms with van der Waals surface area (Å²) in [6.45, 7) is 8.41. The van der Waals surface area contributed by atoms with Crippen molar-refractivity contribution in [3.63, 3.8) is 0 Å². The second kappa shape index (κ2) is 6.26. The number of nitrogens with one attached hydrogen (secondary N) is 1. The summed E-state index contributed by atoms with van der Waals surface area (Å²) in [6.07, 6.45) is 2.37. The molecule has 5 heteroatoms. The summed E-state index contributed by atoms with van der Waals surface area (Å²) in [7, 11) is 0. The Morgan fingerprint density at radius 3 is 2.83 bits per heavy atom. The lowest BCUT2D eigenvalue weighted by atomic mass is 10.0. The van der Waals surface area contributed by atoms with Crippen molar-refractivity contribution >= 4 is 17.7 Å². The quantitative estimate of drug-likeness (QED) is 0.835. The maximum absolute atomic E-state index is 12.3. The molecule has 0 aromatic heterocycles. The molecule has 0 atom stereocenters. The van der Waals surface area contributed by atoms with E-state index in [1.807, 2.05) is 16.7 Å². The van der Waals surface area contributed by atoms with Gasteiger partial charge in [0, 0.05) is 11.8 Å². The van der Waals surface area contributed by atoms with Crippen molar-refractivity contribution in [3.05, 3.63) is 0 Å². The summed E-state index contributed by atoms with van der Waals surface area (Å²) < 4.78 is 5.45. The van der Waals surface area contributed by atoms with E-state index in [4.69, 9.17) is 4.74 Å². The molecule has 4 nitrogen and oxygen atoms in total. The van der Waals surface area contributed by atoms with E-state index >= 15 is 0 Å². The van der Waals surface area contributed by atoms with Gasteiger partial charge in [0.1, 0.15) is 0 Å². The second-order valence-corrected chi connectivity index (χ2v) is 6.96. The number of piperidine rings is 1. The van der Waals surface area contributed by atoms with Gasteiger partial charge in [-0.2, -0.15) is 0 Å². The van der Waals surface area contributed by atoms with Crippen molar-refractivity contribution in [2.24, 2.45) is 0 Å². The molecule has 104 valence electrons. The maximum atomic E-state index is 12.3. The zero-order valence-corrected chi connectivity index (χ0v) is 12.2. The number of thioether (sulfide) groups is 1. The number of nitrogens with zero attached hydrogens (tertiary/aromatic N) is 1. The van der Waals surface area contributed by atoms with Crippen LogP contribution in [0.1, 0.15) is 26.7 Å². The van der Waals surface area contributed by atoms with E-state index in [0.717, 1.165) is 19.6 Å². The Bertz CT molecular complexity index is 291. The van der Waals surface area contributed by atoms with Gasteiger partial charge in [0.2, 0.25) is 5.91 Å². The molecule has 0 aliphatic carbocycles. The fourth-order valence-corrected chi connectivity index (χ4v) is 3.65. The Kier molecular flexibility index (Phi) is 4.92. The predicted octanol–water partition coefficient (Wildman–Crippen LogP) is 1.11. The molecule has 0 aromatic rings. The van der Waals surface area contributed by atoms with Gasteiger partial charge in [0.25, 0.3) is 0 Å². The molecule has 1 amide bonds. The third-order valence-electron chi connectivity index (χ3n) is 3.67. The van der Waals surface area contributed by atoms with E-state index < -0.39 is 0 Å². The number of hydrogen-bond donors (Lipinski definition) is 1. The van der Waals surface area contributed by atoms with E-state index in [-0.39, 0.29) is 11.4 Å². The van der Waals surface area contributed by atoms with Gasteiger partial charge in [-0.1, -0.05) is 0 Å². The highest BCUT2D eigenvalue weighted by molar-refractivity contribution is 8.00. The lowest BCUT2D eigenvalue weighted by Gasteiger charge is -2.42. The topological polar surface area (TPSA) is 41.6 Å². The summed E-state index contributed by atoms with van der Waals surface area (Å²) in [6, 6.07) is 0. The van der Waals surface area contributed by atoms with E-state index in [2.05, 4.69) is 19.2 Å². The third kappa shape index (κ3) is 3.62. The molecule has 18 heavy (non-hydrogen) atoms. The molecule has 2 aliphatic heterocycles. The van der Waals surface area contributed by atoms with E-state index in [9.17, 15) is 4.79 Å². The number of carbonyl (C=O) groups excluding carboxylic acids is 1. The van der Waals surface area contributed by atoms with Gasteiger partial charge in [-0.3, -0.25) is 4.79 Å². The minimum atomic E-state index is -0.149. The van der Waals surface area contributed by atoms with Gasteiger partial charge in [-0.25, -0.2) is 0 Å². The zero-order chi connectivity index (χ0) is 13.0. The lowest BCUT2D eigenvalue weighted by Crippen LogP contribution is -2.56. The van der Waals surface area contributed by atoms with Crippen LogP contribution < -0.4 is 5.32 Å². The molecule has 0 aromatic carbocycles. The van der Waals surface area contributed by atoms with Crippen LogP contribution in [0.5, 0.6) is 0 Å². The van der Waals surface area contributed by atoms with Gasteiger partial charge in [-0.15, -0.1) is 11.8 Å². The molecule has 0 radical (unpaired) electrons. The van der Waals surface area contributed by atoms with Crippen molar-refractivity contribution < 1.29 is 9.53 Å². The molecule has 2 rings (SSSR count). The molecule has 0 saturated carbocycles. The fraction of sp³-hybridized carbons (Fsp3) is 0.923. The molecule has 0 bridgehead atoms. The number of ether oxygens (including phenoxy) is 1. The summed E-state index contributed by atoms with van der Waals surface area (Å²) in [5.41, 5.74) is -0.149. The first-order chi connectivity index (χ1) is 8.59. The number of hydrogen-bond acceptors (Lipinski definition) is 4. The average molecular weight is 272 g/mol. The average Bonchev–Trinajstić information content (AvgIpc) is 2.37. The van der Waals surface area contributed by atoms with Crippen molar-refractivity contribution in [3.8, 4) is 0 Å². The minimum absolute atomic E-state index is 0.149. The van der Waals surface area contributed by atoms with Crippen molar-refractivity contribution in [1.82, 2.24) is 10.2 Å². The first kappa shape index (κ1) is 14.2. The van der Waals surface area contributed by atoms with Crippen molar-refractivity contribution in [2.75, 3.05) is 38.6 Å². The zero-order valence-electron chi connectivity index (χ0n) is 11.4. The predicted molar refractivity (Wildman–Crippen MR) is 75.0 cm³/mol. The highest BCUT2D eigenvalue weighted by Crippen LogP contribution is 2.24. The van der Waals surface area contributed by atoms with E-state index in [1.54, 1.807) is 0 Å². The highest BCUT2D eigenvalue weighted by atomic mass is 32.2. The summed E-state index contributed by atoms with van der Waals surface area (Å²) in [4.78, 5) is 14.3. The van der Waals surface area contributed by atoms with Crippen molar-refractivity contribution in [2.45, 2.75) is 37.5 Å². The molecule has 2 saturated heterocycles. The maximum Gasteiger partial charge on any atom is 0.233 e. The number of rotatable bonds is 3. The van der Waals surface area contributed by atoms with Crippen molar-refractivity contribution in [1.29, 1.82) is 0 Å². The van der Waals surface area contributed by atoms with E-state index in [0.29, 0.717) is 24.2 Å². The van der Waals surface area contributed by atoms with Crippen LogP contribution in [0.2, 0.25) is 0 Å². The largest absolute Gasteiger partial charge is 0.377 e. The van der Waals surface area contributed by atoms with Gasteiger partial charge >= 0.3 is 0 Å². The molecule has 1 N–H and O–H groups in total.